The molecular weight excluding hydrogens is 258 g/mol. The molecule has 20 heavy (non-hydrogen) atoms. The number of aliphatic hydroxyl groups is 1. The van der Waals surface area contributed by atoms with Crippen LogP contribution in [-0.2, 0) is 16.0 Å². The molecule has 1 aromatic carbocycles. The van der Waals surface area contributed by atoms with Gasteiger partial charge in [0.05, 0.1) is 0 Å². The molecule has 0 heterocycles. The topological polar surface area (TPSA) is 77.8 Å². The van der Waals surface area contributed by atoms with Gasteiger partial charge in [-0.1, -0.05) is 44.2 Å². The van der Waals surface area contributed by atoms with Gasteiger partial charge in [0.1, 0.15) is 12.1 Å². The lowest BCUT2D eigenvalue weighted by Gasteiger charge is -2.29. The van der Waals surface area contributed by atoms with Crippen LogP contribution in [0.4, 0.5) is 0 Å². The number of hydrogen-bond acceptors (Lipinski definition) is 3. The number of carboxylic acids is 1. The third-order valence-electron chi connectivity index (χ3n) is 3.21. The van der Waals surface area contributed by atoms with Gasteiger partial charge in [0, 0.05) is 13.5 Å². The number of carbonyl (C=O) groups excluding carboxylic acids is 1. The van der Waals surface area contributed by atoms with Crippen molar-refractivity contribution in [3.8, 4) is 0 Å². The van der Waals surface area contributed by atoms with Crippen LogP contribution in [-0.4, -0.2) is 46.2 Å². The van der Waals surface area contributed by atoms with E-state index in [9.17, 15) is 14.7 Å². The Bertz CT molecular complexity index is 458. The Kier molecular flexibility index (Phi) is 5.70. The third-order valence-corrected chi connectivity index (χ3v) is 3.21. The molecule has 1 aromatic rings. The molecule has 0 fully saturated rings. The van der Waals surface area contributed by atoms with Crippen molar-refractivity contribution in [1.29, 1.82) is 0 Å². The molecule has 0 aliphatic rings. The molecule has 0 saturated carbocycles. The number of aliphatic hydroxyl groups excluding tert-OH is 1. The molecule has 0 radical (unpaired) electrons. The monoisotopic (exact) mass is 279 g/mol. The molecule has 0 aliphatic carbocycles. The Labute approximate surface area is 118 Å². The molecule has 0 bridgehead atoms. The van der Waals surface area contributed by atoms with Gasteiger partial charge in [-0.3, -0.25) is 4.79 Å². The Morgan fingerprint density at radius 3 is 2.20 bits per heavy atom. The number of carbonyl (C=O) groups is 2. The summed E-state index contributed by atoms with van der Waals surface area (Å²) in [6.07, 6.45) is -1.06. The number of carboxylic acid groups (broad SMARTS) is 1. The SMILES string of the molecule is CC(C)C(C(=O)O)N(C)C(=O)C(O)Cc1ccccc1. The maximum absolute atomic E-state index is 12.1. The van der Waals surface area contributed by atoms with Gasteiger partial charge in [0.15, 0.2) is 0 Å². The van der Waals surface area contributed by atoms with E-state index in [0.29, 0.717) is 0 Å². The minimum atomic E-state index is -1.23. The molecule has 0 spiro atoms. The quantitative estimate of drug-likeness (QED) is 0.819. The molecule has 2 atom stereocenters. The van der Waals surface area contributed by atoms with Crippen molar-refractivity contribution in [2.75, 3.05) is 7.05 Å². The number of benzene rings is 1. The zero-order chi connectivity index (χ0) is 15.3. The lowest BCUT2D eigenvalue weighted by atomic mass is 10.0. The largest absolute Gasteiger partial charge is 0.480 e. The summed E-state index contributed by atoms with van der Waals surface area (Å²) in [7, 11) is 1.41. The van der Waals surface area contributed by atoms with Gasteiger partial charge in [-0.25, -0.2) is 4.79 Å². The van der Waals surface area contributed by atoms with Crippen LogP contribution < -0.4 is 0 Å². The molecule has 110 valence electrons. The Hall–Kier alpha value is -1.88. The summed E-state index contributed by atoms with van der Waals surface area (Å²) in [6.45, 7) is 3.46. The average Bonchev–Trinajstić information content (AvgIpc) is 2.37. The van der Waals surface area contributed by atoms with E-state index in [1.807, 2.05) is 30.3 Å². The number of rotatable bonds is 6. The highest BCUT2D eigenvalue weighted by Crippen LogP contribution is 2.13. The Morgan fingerprint density at radius 1 is 1.20 bits per heavy atom. The first-order valence-corrected chi connectivity index (χ1v) is 6.56. The van der Waals surface area contributed by atoms with Crippen LogP contribution in [0.2, 0.25) is 0 Å². The zero-order valence-corrected chi connectivity index (χ0v) is 12.0. The molecule has 5 nitrogen and oxygen atoms in total. The number of likely N-dealkylation sites (N-methyl/N-ethyl adjacent to an activating group) is 1. The summed E-state index contributed by atoms with van der Waals surface area (Å²) in [4.78, 5) is 24.4. The molecule has 2 unspecified atom stereocenters. The molecule has 0 aromatic heterocycles. The highest BCUT2D eigenvalue weighted by Gasteiger charge is 2.32. The van der Waals surface area contributed by atoms with Crippen molar-refractivity contribution >= 4 is 11.9 Å². The molecule has 0 saturated heterocycles. The Balaban J connectivity index is 2.75. The minimum Gasteiger partial charge on any atom is -0.480 e. The fourth-order valence-corrected chi connectivity index (χ4v) is 2.19. The second-order valence-corrected chi connectivity index (χ2v) is 5.18. The standard InChI is InChI=1S/C15H21NO4/c1-10(2)13(15(19)20)16(3)14(18)12(17)9-11-7-5-4-6-8-11/h4-8,10,12-13,17H,9H2,1-3H3,(H,19,20). The fourth-order valence-electron chi connectivity index (χ4n) is 2.19. The first-order valence-electron chi connectivity index (χ1n) is 6.56. The summed E-state index contributed by atoms with van der Waals surface area (Å²) in [5, 5.41) is 19.1. The van der Waals surface area contributed by atoms with Gasteiger partial charge in [0.25, 0.3) is 5.91 Å². The minimum absolute atomic E-state index is 0.175. The number of nitrogens with zero attached hydrogens (tertiary/aromatic N) is 1. The van der Waals surface area contributed by atoms with E-state index in [1.165, 1.54) is 7.05 Å². The first kappa shape index (κ1) is 16.2. The lowest BCUT2D eigenvalue weighted by Crippen LogP contribution is -2.49. The highest BCUT2D eigenvalue weighted by atomic mass is 16.4. The lowest BCUT2D eigenvalue weighted by molar-refractivity contribution is -0.154. The van der Waals surface area contributed by atoms with E-state index in [1.54, 1.807) is 13.8 Å². The fraction of sp³-hybridized carbons (Fsp3) is 0.467. The van der Waals surface area contributed by atoms with Crippen LogP contribution in [0.15, 0.2) is 30.3 Å². The van der Waals surface area contributed by atoms with E-state index in [-0.39, 0.29) is 12.3 Å². The molecule has 0 aliphatic heterocycles. The van der Waals surface area contributed by atoms with Gasteiger partial charge in [-0.05, 0) is 11.5 Å². The average molecular weight is 279 g/mol. The molecule has 2 N–H and O–H groups in total. The van der Waals surface area contributed by atoms with E-state index < -0.39 is 24.0 Å². The first-order chi connectivity index (χ1) is 9.34. The summed E-state index contributed by atoms with van der Waals surface area (Å²) < 4.78 is 0. The maximum Gasteiger partial charge on any atom is 0.326 e. The van der Waals surface area contributed by atoms with Crippen LogP contribution in [0, 0.1) is 5.92 Å². The number of amides is 1. The molecule has 1 rings (SSSR count). The van der Waals surface area contributed by atoms with Crippen LogP contribution in [0.3, 0.4) is 0 Å². The van der Waals surface area contributed by atoms with Crippen molar-refractivity contribution in [2.24, 2.45) is 5.92 Å². The molecule has 1 amide bonds. The molecular formula is C15H21NO4. The van der Waals surface area contributed by atoms with Gasteiger partial charge >= 0.3 is 5.97 Å². The maximum atomic E-state index is 12.1. The van der Waals surface area contributed by atoms with Crippen molar-refractivity contribution in [3.63, 3.8) is 0 Å². The van der Waals surface area contributed by atoms with E-state index in [4.69, 9.17) is 5.11 Å². The Morgan fingerprint density at radius 2 is 1.75 bits per heavy atom. The predicted molar refractivity (Wildman–Crippen MR) is 75.2 cm³/mol. The smallest absolute Gasteiger partial charge is 0.326 e. The van der Waals surface area contributed by atoms with Crippen LogP contribution in [0.5, 0.6) is 0 Å². The van der Waals surface area contributed by atoms with E-state index in [2.05, 4.69) is 0 Å². The molecule has 5 heteroatoms. The van der Waals surface area contributed by atoms with Gasteiger partial charge in [-0.2, -0.15) is 0 Å². The number of aliphatic carboxylic acids is 1. The van der Waals surface area contributed by atoms with Crippen molar-refractivity contribution in [3.05, 3.63) is 35.9 Å². The number of hydrogen-bond donors (Lipinski definition) is 2. The summed E-state index contributed by atoms with van der Waals surface area (Å²) in [6, 6.07) is 8.19. The van der Waals surface area contributed by atoms with Crippen LogP contribution >= 0.6 is 0 Å². The van der Waals surface area contributed by atoms with E-state index in [0.717, 1.165) is 10.5 Å². The van der Waals surface area contributed by atoms with Gasteiger partial charge in [-0.15, -0.1) is 0 Å². The predicted octanol–water partition coefficient (Wildman–Crippen LogP) is 1.16. The van der Waals surface area contributed by atoms with E-state index >= 15 is 0 Å². The zero-order valence-electron chi connectivity index (χ0n) is 12.0. The van der Waals surface area contributed by atoms with Crippen molar-refractivity contribution in [1.82, 2.24) is 4.90 Å². The summed E-state index contributed by atoms with van der Waals surface area (Å²) in [5.74, 6) is -1.87. The van der Waals surface area contributed by atoms with Crippen molar-refractivity contribution < 1.29 is 19.8 Å². The highest BCUT2D eigenvalue weighted by molar-refractivity contribution is 5.86. The summed E-state index contributed by atoms with van der Waals surface area (Å²) >= 11 is 0. The van der Waals surface area contributed by atoms with Crippen LogP contribution in [0.25, 0.3) is 0 Å². The van der Waals surface area contributed by atoms with Crippen molar-refractivity contribution in [2.45, 2.75) is 32.4 Å². The van der Waals surface area contributed by atoms with Crippen LogP contribution in [0.1, 0.15) is 19.4 Å². The second kappa shape index (κ2) is 7.05. The van der Waals surface area contributed by atoms with Gasteiger partial charge < -0.3 is 15.1 Å². The van der Waals surface area contributed by atoms with Gasteiger partial charge in [0.2, 0.25) is 0 Å². The normalized spacial score (nSPS) is 13.8. The third kappa shape index (κ3) is 4.06. The summed E-state index contributed by atoms with van der Waals surface area (Å²) in [5.41, 5.74) is 0.832. The second-order valence-electron chi connectivity index (χ2n) is 5.18.